The molecule has 0 saturated heterocycles. The smallest absolute Gasteiger partial charge is 0.407 e. The van der Waals surface area contributed by atoms with Crippen molar-refractivity contribution in [1.29, 1.82) is 0 Å². The zero-order valence-corrected chi connectivity index (χ0v) is 16.2. The van der Waals surface area contributed by atoms with Gasteiger partial charge in [0.25, 0.3) is 6.43 Å². The molecule has 1 N–H and O–H groups in total. The fraction of sp³-hybridized carbons (Fsp3) is 0.368. The summed E-state index contributed by atoms with van der Waals surface area (Å²) in [4.78, 5) is 23.6. The number of rotatable bonds is 9. The average Bonchev–Trinajstić information content (AvgIpc) is 3.12. The highest BCUT2D eigenvalue weighted by Gasteiger charge is 2.10. The Labute approximate surface area is 166 Å². The van der Waals surface area contributed by atoms with E-state index in [1.54, 1.807) is 35.0 Å². The number of carbonyl (C=O) groups excluding carboxylic acids is 1. The zero-order valence-electron chi connectivity index (χ0n) is 16.2. The van der Waals surface area contributed by atoms with Crippen LogP contribution in [-0.2, 0) is 18.2 Å². The molecule has 0 fully saturated rings. The predicted octanol–water partition coefficient (Wildman–Crippen LogP) is 2.39. The summed E-state index contributed by atoms with van der Waals surface area (Å²) < 4.78 is 31.7. The summed E-state index contributed by atoms with van der Waals surface area (Å²) in [7, 11) is 1.78. The van der Waals surface area contributed by atoms with Gasteiger partial charge < -0.3 is 10.1 Å². The van der Waals surface area contributed by atoms with E-state index in [0.717, 1.165) is 11.3 Å². The number of alkyl carbamates (subject to hydrolysis) is 1. The number of nitrogens with one attached hydrogen (secondary N) is 1. The summed E-state index contributed by atoms with van der Waals surface area (Å²) in [5.41, 5.74) is 1.69. The van der Waals surface area contributed by atoms with Gasteiger partial charge in [0.05, 0.1) is 12.4 Å². The molecule has 0 bridgehead atoms. The first-order valence-corrected chi connectivity index (χ1v) is 8.96. The van der Waals surface area contributed by atoms with E-state index in [4.69, 9.17) is 0 Å². The Morgan fingerprint density at radius 3 is 2.86 bits per heavy atom. The van der Waals surface area contributed by atoms with Crippen molar-refractivity contribution in [3.63, 3.8) is 0 Å². The molecule has 8 nitrogen and oxygen atoms in total. The van der Waals surface area contributed by atoms with E-state index in [0.29, 0.717) is 12.1 Å². The molecule has 10 heteroatoms. The molecule has 156 valence electrons. The molecule has 0 aliphatic carbocycles. The number of ether oxygens (including phenoxy) is 1. The third kappa shape index (κ3) is 7.32. The highest BCUT2D eigenvalue weighted by molar-refractivity contribution is 5.67. The van der Waals surface area contributed by atoms with Crippen LogP contribution in [0.2, 0.25) is 0 Å². The van der Waals surface area contributed by atoms with Crippen molar-refractivity contribution in [2.75, 3.05) is 13.2 Å². The summed E-state index contributed by atoms with van der Waals surface area (Å²) in [6, 6.07) is 1.43. The van der Waals surface area contributed by atoms with Crippen LogP contribution in [0.15, 0.2) is 53.3 Å². The molecule has 2 heterocycles. The van der Waals surface area contributed by atoms with Gasteiger partial charge in [-0.25, -0.2) is 18.3 Å². The molecule has 0 aromatic carbocycles. The maximum absolute atomic E-state index is 12.2. The minimum Gasteiger partial charge on any atom is -0.443 e. The Morgan fingerprint density at radius 1 is 1.41 bits per heavy atom. The zero-order chi connectivity index (χ0) is 21.2. The fourth-order valence-electron chi connectivity index (χ4n) is 2.43. The van der Waals surface area contributed by atoms with Gasteiger partial charge in [-0.15, -0.1) is 0 Å². The van der Waals surface area contributed by atoms with E-state index in [2.05, 4.69) is 20.3 Å². The largest absolute Gasteiger partial charge is 0.443 e. The summed E-state index contributed by atoms with van der Waals surface area (Å²) in [5.74, 6) is 0. The molecule has 2 aromatic rings. The lowest BCUT2D eigenvalue weighted by atomic mass is 10.1. The van der Waals surface area contributed by atoms with Crippen LogP contribution in [-0.4, -0.2) is 45.2 Å². The Morgan fingerprint density at radius 2 is 2.21 bits per heavy atom. The van der Waals surface area contributed by atoms with Crippen LogP contribution in [0.1, 0.15) is 19.0 Å². The van der Waals surface area contributed by atoms with Gasteiger partial charge in [0, 0.05) is 32.3 Å². The Hall–Kier alpha value is -3.30. The normalized spacial score (nSPS) is 12.0. The third-order valence-electron chi connectivity index (χ3n) is 3.81. The number of hydrogen-bond acceptors (Lipinski definition) is 5. The maximum atomic E-state index is 12.2. The number of allylic oxidation sites excluding steroid dienone is 3. The van der Waals surface area contributed by atoms with Crippen molar-refractivity contribution in [3.8, 4) is 5.69 Å². The van der Waals surface area contributed by atoms with Crippen molar-refractivity contribution < 1.29 is 18.3 Å². The van der Waals surface area contributed by atoms with Gasteiger partial charge in [0.2, 0.25) is 5.43 Å². The summed E-state index contributed by atoms with van der Waals surface area (Å²) >= 11 is 0. The van der Waals surface area contributed by atoms with Crippen LogP contribution in [0.3, 0.4) is 0 Å². The first-order valence-electron chi connectivity index (χ1n) is 8.96. The monoisotopic (exact) mass is 407 g/mol. The highest BCUT2D eigenvalue weighted by Crippen LogP contribution is 2.09. The topological polar surface area (TPSA) is 91.0 Å². The molecule has 0 spiro atoms. The van der Waals surface area contributed by atoms with Gasteiger partial charge in [0.15, 0.2) is 6.61 Å². The molecule has 0 aliphatic rings. The summed E-state index contributed by atoms with van der Waals surface area (Å²) in [6.07, 6.45) is 7.50. The molecule has 0 aliphatic heterocycles. The van der Waals surface area contributed by atoms with E-state index in [1.165, 1.54) is 6.07 Å². The predicted molar refractivity (Wildman–Crippen MR) is 103 cm³/mol. The maximum Gasteiger partial charge on any atom is 0.407 e. The van der Waals surface area contributed by atoms with Crippen LogP contribution < -0.4 is 10.7 Å². The van der Waals surface area contributed by atoms with Crippen molar-refractivity contribution >= 4 is 6.09 Å². The number of carbonyl (C=O) groups is 1. The number of halogens is 2. The van der Waals surface area contributed by atoms with E-state index in [1.807, 2.05) is 25.2 Å². The second-order valence-corrected chi connectivity index (χ2v) is 6.14. The molecule has 0 radical (unpaired) electrons. The standard InChI is InChI=1S/C19H23F2N5O3/c1-3-4-5-14(6-8-22-19(28)29-13-18(20)21)10-16-17(27)7-9-26(24-16)15-11-23-25(2)12-15/h3-5,7,9,11-12,18H,6,8,10,13H2,1-2H3,(H,22,28)/b4-3-,14-5+. The number of nitrogens with zero attached hydrogens (tertiary/aromatic N) is 4. The lowest BCUT2D eigenvalue weighted by molar-refractivity contribution is 0.0490. The van der Waals surface area contributed by atoms with Crippen molar-refractivity contribution in [1.82, 2.24) is 24.9 Å². The van der Waals surface area contributed by atoms with Crippen molar-refractivity contribution in [2.24, 2.45) is 7.05 Å². The molecule has 2 rings (SSSR count). The highest BCUT2D eigenvalue weighted by atomic mass is 19.3. The average molecular weight is 407 g/mol. The molecule has 1 amide bonds. The Kier molecular flexibility index (Phi) is 8.26. The van der Waals surface area contributed by atoms with E-state index < -0.39 is 19.1 Å². The molecule has 2 aromatic heterocycles. The first-order chi connectivity index (χ1) is 13.9. The number of amides is 1. The molecule has 0 atom stereocenters. The number of aryl methyl sites for hydroxylation is 1. The summed E-state index contributed by atoms with van der Waals surface area (Å²) in [6.45, 7) is 1.08. The van der Waals surface area contributed by atoms with E-state index in [9.17, 15) is 18.4 Å². The molecular formula is C19H23F2N5O3. The van der Waals surface area contributed by atoms with Crippen molar-refractivity contribution in [3.05, 3.63) is 64.4 Å². The fourth-order valence-corrected chi connectivity index (χ4v) is 2.43. The van der Waals surface area contributed by atoms with Crippen LogP contribution in [0.5, 0.6) is 0 Å². The molecular weight excluding hydrogens is 384 g/mol. The summed E-state index contributed by atoms with van der Waals surface area (Å²) in [5, 5.41) is 10.9. The number of hydrogen-bond donors (Lipinski definition) is 1. The SMILES string of the molecule is C/C=C\C=C(/CCNC(=O)OCC(F)F)Cc1nn(-c2cnn(C)c2)ccc1=O. The third-order valence-corrected chi connectivity index (χ3v) is 3.81. The number of aromatic nitrogens is 4. The van der Waals surface area contributed by atoms with Crippen LogP contribution in [0.25, 0.3) is 5.69 Å². The van der Waals surface area contributed by atoms with Crippen molar-refractivity contribution in [2.45, 2.75) is 26.2 Å². The van der Waals surface area contributed by atoms with E-state index >= 15 is 0 Å². The van der Waals surface area contributed by atoms with Crippen LogP contribution in [0, 0.1) is 0 Å². The van der Waals surface area contributed by atoms with Crippen LogP contribution in [0.4, 0.5) is 13.6 Å². The number of alkyl halides is 2. The van der Waals surface area contributed by atoms with Gasteiger partial charge in [-0.3, -0.25) is 9.48 Å². The lowest BCUT2D eigenvalue weighted by Crippen LogP contribution is -2.27. The lowest BCUT2D eigenvalue weighted by Gasteiger charge is -2.10. The second-order valence-electron chi connectivity index (χ2n) is 6.14. The molecule has 0 unspecified atom stereocenters. The van der Waals surface area contributed by atoms with Gasteiger partial charge >= 0.3 is 6.09 Å². The van der Waals surface area contributed by atoms with Gasteiger partial charge in [-0.1, -0.05) is 23.8 Å². The van der Waals surface area contributed by atoms with Gasteiger partial charge in [-0.2, -0.15) is 10.2 Å². The van der Waals surface area contributed by atoms with Crippen LogP contribution >= 0.6 is 0 Å². The van der Waals surface area contributed by atoms with Gasteiger partial charge in [0.1, 0.15) is 11.4 Å². The molecule has 29 heavy (non-hydrogen) atoms. The van der Waals surface area contributed by atoms with Gasteiger partial charge in [-0.05, 0) is 13.3 Å². The minimum absolute atomic E-state index is 0.176. The molecule has 0 saturated carbocycles. The first kappa shape index (κ1) is 22.0. The quantitative estimate of drug-likeness (QED) is 0.645. The van der Waals surface area contributed by atoms with E-state index in [-0.39, 0.29) is 18.4 Å². The Balaban J connectivity index is 2.06. The Bertz CT molecular complexity index is 934. The second kappa shape index (κ2) is 10.9. The minimum atomic E-state index is -2.71.